The number of amides is 1. The smallest absolute Gasteiger partial charge is 0.234 e. The molecule has 1 unspecified atom stereocenters. The zero-order valence-electron chi connectivity index (χ0n) is 7.90. The summed E-state index contributed by atoms with van der Waals surface area (Å²) in [5.74, 6) is -0.427. The Hall–Kier alpha value is -0.730. The third kappa shape index (κ3) is 3.99. The second-order valence-electron chi connectivity index (χ2n) is 2.58. The Morgan fingerprint density at radius 3 is 2.43 bits per heavy atom. The molecule has 0 aliphatic carbocycles. The van der Waals surface area contributed by atoms with Gasteiger partial charge in [-0.1, -0.05) is 12.2 Å². The van der Waals surface area contributed by atoms with Gasteiger partial charge in [-0.2, -0.15) is 0 Å². The fourth-order valence-corrected chi connectivity index (χ4v) is 1.80. The van der Waals surface area contributed by atoms with Crippen molar-refractivity contribution in [1.29, 1.82) is 0 Å². The molecule has 0 aliphatic rings. The Morgan fingerprint density at radius 2 is 2.07 bits per heavy atom. The first-order valence-electron chi connectivity index (χ1n) is 3.79. The molecule has 0 saturated heterocycles. The van der Waals surface area contributed by atoms with Gasteiger partial charge in [0.2, 0.25) is 15.9 Å². The van der Waals surface area contributed by atoms with Crippen molar-refractivity contribution >= 4 is 33.1 Å². The van der Waals surface area contributed by atoms with Crippen molar-refractivity contribution in [2.45, 2.75) is 12.2 Å². The predicted molar refractivity (Wildman–Crippen MR) is 57.2 cm³/mol. The Kier molecular flexibility index (Phi) is 4.95. The number of hydrogen-bond acceptors (Lipinski definition) is 4. The molecule has 0 saturated carbocycles. The van der Waals surface area contributed by atoms with Crippen molar-refractivity contribution in [1.82, 2.24) is 10.0 Å². The van der Waals surface area contributed by atoms with Crippen molar-refractivity contribution in [3.63, 3.8) is 0 Å². The van der Waals surface area contributed by atoms with Crippen molar-refractivity contribution in [2.24, 2.45) is 5.73 Å². The van der Waals surface area contributed by atoms with Crippen LogP contribution in [0.4, 0.5) is 0 Å². The quantitative estimate of drug-likeness (QED) is 0.498. The van der Waals surface area contributed by atoms with E-state index in [-0.39, 0.29) is 11.5 Å². The molecule has 0 aliphatic heterocycles. The Labute approximate surface area is 88.3 Å². The van der Waals surface area contributed by atoms with Crippen LogP contribution in [0.3, 0.4) is 0 Å². The van der Waals surface area contributed by atoms with E-state index in [2.05, 4.69) is 22.3 Å². The zero-order valence-corrected chi connectivity index (χ0v) is 9.54. The van der Waals surface area contributed by atoms with Crippen LogP contribution in [0.1, 0.15) is 6.92 Å². The molecule has 0 aromatic carbocycles. The maximum Gasteiger partial charge on any atom is 0.234 e. The van der Waals surface area contributed by atoms with E-state index >= 15 is 0 Å². The van der Waals surface area contributed by atoms with E-state index < -0.39 is 21.2 Å². The van der Waals surface area contributed by atoms with Crippen molar-refractivity contribution in [3.8, 4) is 0 Å². The average molecular weight is 239 g/mol. The second-order valence-corrected chi connectivity index (χ2v) is 5.14. The Balaban J connectivity index is 4.36. The lowest BCUT2D eigenvalue weighted by Crippen LogP contribution is -2.43. The van der Waals surface area contributed by atoms with Crippen LogP contribution >= 0.6 is 12.2 Å². The minimum absolute atomic E-state index is 0.130. The standard InChI is InChI=1S/C6H13N3O3S2/c1-4(6(7)13)14(11,12)9-3-5(10)8-2/h4,9H,3H2,1-2H3,(H2,7,13)(H,8,10). The van der Waals surface area contributed by atoms with Crippen molar-refractivity contribution < 1.29 is 13.2 Å². The Morgan fingerprint density at radius 1 is 1.57 bits per heavy atom. The molecular weight excluding hydrogens is 226 g/mol. The lowest BCUT2D eigenvalue weighted by Gasteiger charge is -2.11. The highest BCUT2D eigenvalue weighted by atomic mass is 32.2. The molecule has 0 spiro atoms. The summed E-state index contributed by atoms with van der Waals surface area (Å²) in [7, 11) is -2.23. The SMILES string of the molecule is CNC(=O)CNS(=O)(=O)C(C)C(N)=S. The van der Waals surface area contributed by atoms with E-state index in [0.29, 0.717) is 0 Å². The fourth-order valence-electron chi connectivity index (χ4n) is 0.532. The molecule has 0 rings (SSSR count). The van der Waals surface area contributed by atoms with Crippen molar-refractivity contribution in [2.75, 3.05) is 13.6 Å². The summed E-state index contributed by atoms with van der Waals surface area (Å²) in [6, 6.07) is 0. The van der Waals surface area contributed by atoms with Crippen LogP contribution in [0.2, 0.25) is 0 Å². The molecule has 0 aromatic heterocycles. The van der Waals surface area contributed by atoms with E-state index in [4.69, 9.17) is 5.73 Å². The number of nitrogens with one attached hydrogen (secondary N) is 2. The minimum Gasteiger partial charge on any atom is -0.392 e. The lowest BCUT2D eigenvalue weighted by molar-refractivity contribution is -0.119. The number of hydrogen-bond donors (Lipinski definition) is 3. The first-order chi connectivity index (χ1) is 6.31. The highest BCUT2D eigenvalue weighted by molar-refractivity contribution is 7.93. The van der Waals surface area contributed by atoms with Gasteiger partial charge in [-0.05, 0) is 6.92 Å². The maximum atomic E-state index is 11.3. The molecule has 82 valence electrons. The van der Waals surface area contributed by atoms with Gasteiger partial charge in [0.1, 0.15) is 5.25 Å². The average Bonchev–Trinajstić information content (AvgIpc) is 2.12. The highest BCUT2D eigenvalue weighted by Gasteiger charge is 2.23. The van der Waals surface area contributed by atoms with Gasteiger partial charge in [-0.25, -0.2) is 13.1 Å². The molecule has 14 heavy (non-hydrogen) atoms. The topological polar surface area (TPSA) is 101 Å². The van der Waals surface area contributed by atoms with E-state index in [9.17, 15) is 13.2 Å². The summed E-state index contributed by atoms with van der Waals surface area (Å²) in [6.07, 6.45) is 0. The van der Waals surface area contributed by atoms with Gasteiger partial charge >= 0.3 is 0 Å². The van der Waals surface area contributed by atoms with Crippen LogP contribution in [0.5, 0.6) is 0 Å². The molecule has 0 fully saturated rings. The van der Waals surface area contributed by atoms with E-state index in [1.54, 1.807) is 0 Å². The first-order valence-corrected chi connectivity index (χ1v) is 5.75. The lowest BCUT2D eigenvalue weighted by atomic mass is 10.5. The second kappa shape index (κ2) is 5.23. The summed E-state index contributed by atoms with van der Waals surface area (Å²) in [5, 5.41) is 1.29. The van der Waals surface area contributed by atoms with Crippen LogP contribution in [0.15, 0.2) is 0 Å². The highest BCUT2D eigenvalue weighted by Crippen LogP contribution is 1.97. The molecule has 0 radical (unpaired) electrons. The third-order valence-corrected chi connectivity index (χ3v) is 3.81. The number of nitrogens with two attached hydrogens (primary N) is 1. The number of carbonyl (C=O) groups is 1. The molecule has 1 amide bonds. The van der Waals surface area contributed by atoms with Crippen LogP contribution in [-0.4, -0.2) is 38.2 Å². The van der Waals surface area contributed by atoms with Gasteiger partial charge in [-0.3, -0.25) is 4.79 Å². The number of rotatable bonds is 5. The monoisotopic (exact) mass is 239 g/mol. The summed E-state index contributed by atoms with van der Waals surface area (Å²) >= 11 is 4.53. The molecule has 1 atom stereocenters. The van der Waals surface area contributed by atoms with E-state index in [1.165, 1.54) is 14.0 Å². The maximum absolute atomic E-state index is 11.3. The number of sulfonamides is 1. The van der Waals surface area contributed by atoms with Crippen LogP contribution in [-0.2, 0) is 14.8 Å². The molecule has 8 heteroatoms. The molecule has 0 aromatic rings. The Bertz CT molecular complexity index is 325. The molecular formula is C6H13N3O3S2. The van der Waals surface area contributed by atoms with Gasteiger partial charge in [0.05, 0.1) is 11.5 Å². The number of likely N-dealkylation sites (N-methyl/N-ethyl adjacent to an activating group) is 1. The van der Waals surface area contributed by atoms with Crippen LogP contribution in [0.25, 0.3) is 0 Å². The van der Waals surface area contributed by atoms with Crippen LogP contribution < -0.4 is 15.8 Å². The van der Waals surface area contributed by atoms with Gasteiger partial charge in [0, 0.05) is 7.05 Å². The number of thiocarbonyl (C=S) groups is 1. The summed E-state index contributed by atoms with van der Waals surface area (Å²) < 4.78 is 24.8. The first kappa shape index (κ1) is 13.3. The molecule has 0 bridgehead atoms. The van der Waals surface area contributed by atoms with Gasteiger partial charge in [0.25, 0.3) is 0 Å². The van der Waals surface area contributed by atoms with Crippen LogP contribution in [0, 0.1) is 0 Å². The largest absolute Gasteiger partial charge is 0.392 e. The molecule has 4 N–H and O–H groups in total. The normalized spacial score (nSPS) is 13.3. The third-order valence-electron chi connectivity index (χ3n) is 1.58. The van der Waals surface area contributed by atoms with E-state index in [0.717, 1.165) is 0 Å². The molecule has 0 heterocycles. The van der Waals surface area contributed by atoms with Crippen molar-refractivity contribution in [3.05, 3.63) is 0 Å². The fraction of sp³-hybridized carbons (Fsp3) is 0.667. The predicted octanol–water partition coefficient (Wildman–Crippen LogP) is -1.67. The molecule has 6 nitrogen and oxygen atoms in total. The van der Waals surface area contributed by atoms with Gasteiger partial charge in [0.15, 0.2) is 0 Å². The zero-order chi connectivity index (χ0) is 11.4. The minimum atomic E-state index is -3.64. The summed E-state index contributed by atoms with van der Waals surface area (Å²) in [5.41, 5.74) is 5.17. The van der Waals surface area contributed by atoms with Gasteiger partial charge < -0.3 is 11.1 Å². The number of carbonyl (C=O) groups excluding carboxylic acids is 1. The van der Waals surface area contributed by atoms with E-state index in [1.807, 2.05) is 0 Å². The van der Waals surface area contributed by atoms with Gasteiger partial charge in [-0.15, -0.1) is 0 Å². The summed E-state index contributed by atoms with van der Waals surface area (Å²) in [6.45, 7) is 1.04. The summed E-state index contributed by atoms with van der Waals surface area (Å²) in [4.78, 5) is 10.6.